The summed E-state index contributed by atoms with van der Waals surface area (Å²) in [6.07, 6.45) is 9.28. The van der Waals surface area contributed by atoms with Gasteiger partial charge >= 0.3 is 0 Å². The lowest BCUT2D eigenvalue weighted by Crippen LogP contribution is -2.62. The summed E-state index contributed by atoms with van der Waals surface area (Å²) in [6, 6.07) is 3.95. The molecule has 5 rings (SSSR count). The van der Waals surface area contributed by atoms with Crippen LogP contribution in [-0.2, 0) is 11.8 Å². The number of likely N-dealkylation sites (tertiary alicyclic amines) is 1. The molecule has 3 aromatic heterocycles. The maximum absolute atomic E-state index is 12.5. The van der Waals surface area contributed by atoms with Crippen LogP contribution < -0.4 is 5.32 Å². The maximum atomic E-state index is 12.5. The number of nitrogens with one attached hydrogen (secondary N) is 1. The third-order valence-electron chi connectivity index (χ3n) is 5.80. The zero-order chi connectivity index (χ0) is 18.6. The molecule has 0 unspecified atom stereocenters. The van der Waals surface area contributed by atoms with Gasteiger partial charge in [0, 0.05) is 55.0 Å². The van der Waals surface area contributed by atoms with E-state index in [1.165, 1.54) is 0 Å². The van der Waals surface area contributed by atoms with Gasteiger partial charge in [-0.3, -0.25) is 14.5 Å². The van der Waals surface area contributed by atoms with Crippen molar-refractivity contribution in [2.45, 2.75) is 12.8 Å². The van der Waals surface area contributed by atoms with Crippen molar-refractivity contribution >= 4 is 22.6 Å². The fourth-order valence-electron chi connectivity index (χ4n) is 4.58. The standard InChI is InChI=1S/C20H22N6O/c1-25-11-20(12-25)5-15(6-20)19(27)24-18-4-13-3-14(7-21-17(13)9-22-18)16-8-23-26(2)10-16/h3-4,7-10,15H,5-6,11-12H2,1-2H3,(H,22,24,27). The van der Waals surface area contributed by atoms with Crippen molar-refractivity contribution in [3.8, 4) is 11.1 Å². The zero-order valence-corrected chi connectivity index (χ0v) is 15.5. The van der Waals surface area contributed by atoms with Crippen LogP contribution in [0.3, 0.4) is 0 Å². The molecule has 1 aliphatic heterocycles. The number of carbonyl (C=O) groups is 1. The Morgan fingerprint density at radius 2 is 1.93 bits per heavy atom. The molecule has 27 heavy (non-hydrogen) atoms. The van der Waals surface area contributed by atoms with E-state index in [0.717, 1.165) is 48.0 Å². The van der Waals surface area contributed by atoms with Crippen LogP contribution in [0.5, 0.6) is 0 Å². The molecule has 138 valence electrons. The van der Waals surface area contributed by atoms with Crippen LogP contribution in [0.1, 0.15) is 12.8 Å². The number of pyridine rings is 2. The molecule has 2 aliphatic rings. The van der Waals surface area contributed by atoms with Gasteiger partial charge in [-0.15, -0.1) is 0 Å². The van der Waals surface area contributed by atoms with Crippen molar-refractivity contribution in [2.75, 3.05) is 25.5 Å². The third-order valence-corrected chi connectivity index (χ3v) is 5.80. The molecular weight excluding hydrogens is 340 g/mol. The van der Waals surface area contributed by atoms with E-state index < -0.39 is 0 Å². The Bertz CT molecular complexity index is 1030. The van der Waals surface area contributed by atoms with E-state index in [1.807, 2.05) is 31.7 Å². The molecule has 0 bridgehead atoms. The van der Waals surface area contributed by atoms with E-state index in [0.29, 0.717) is 11.2 Å². The molecule has 1 saturated heterocycles. The molecule has 0 radical (unpaired) electrons. The number of nitrogens with zero attached hydrogens (tertiary/aromatic N) is 5. The number of carbonyl (C=O) groups excluding carboxylic acids is 1. The Balaban J connectivity index is 1.32. The van der Waals surface area contributed by atoms with Crippen molar-refractivity contribution in [1.82, 2.24) is 24.6 Å². The number of aromatic nitrogens is 4. The number of amides is 1. The van der Waals surface area contributed by atoms with Crippen LogP contribution in [0.25, 0.3) is 22.0 Å². The Labute approximate surface area is 157 Å². The van der Waals surface area contributed by atoms with E-state index in [4.69, 9.17) is 0 Å². The van der Waals surface area contributed by atoms with Gasteiger partial charge in [-0.25, -0.2) is 4.98 Å². The van der Waals surface area contributed by atoms with Gasteiger partial charge in [-0.2, -0.15) is 5.10 Å². The summed E-state index contributed by atoms with van der Waals surface area (Å²) in [5, 5.41) is 8.15. The van der Waals surface area contributed by atoms with Crippen LogP contribution in [0.2, 0.25) is 0 Å². The van der Waals surface area contributed by atoms with E-state index in [2.05, 4.69) is 38.4 Å². The highest BCUT2D eigenvalue weighted by Crippen LogP contribution is 2.51. The van der Waals surface area contributed by atoms with Crippen LogP contribution in [0.15, 0.2) is 36.9 Å². The maximum Gasteiger partial charge on any atom is 0.228 e. The average Bonchev–Trinajstić information content (AvgIpc) is 3.02. The first-order chi connectivity index (χ1) is 13.0. The van der Waals surface area contributed by atoms with Gasteiger partial charge in [0.15, 0.2) is 0 Å². The second-order valence-corrected chi connectivity index (χ2v) is 8.16. The second-order valence-electron chi connectivity index (χ2n) is 8.16. The number of aryl methyl sites for hydroxylation is 1. The topological polar surface area (TPSA) is 75.9 Å². The lowest BCUT2D eigenvalue weighted by molar-refractivity contribution is -0.137. The molecule has 3 aromatic rings. The molecule has 1 spiro atoms. The summed E-state index contributed by atoms with van der Waals surface area (Å²) in [7, 11) is 4.02. The second kappa shape index (κ2) is 5.85. The molecule has 4 heterocycles. The number of rotatable bonds is 3. The Hall–Kier alpha value is -2.80. The highest BCUT2D eigenvalue weighted by atomic mass is 16.2. The van der Waals surface area contributed by atoms with Crippen LogP contribution >= 0.6 is 0 Å². The summed E-state index contributed by atoms with van der Waals surface area (Å²) in [5.41, 5.74) is 3.21. The minimum Gasteiger partial charge on any atom is -0.310 e. The number of fused-ring (bicyclic) bond motifs is 1. The lowest BCUT2D eigenvalue weighted by atomic mass is 9.57. The predicted octanol–water partition coefficient (Wildman–Crippen LogP) is 2.31. The first kappa shape index (κ1) is 16.4. The van der Waals surface area contributed by atoms with Crippen molar-refractivity contribution in [2.24, 2.45) is 18.4 Å². The molecule has 0 aromatic carbocycles. The summed E-state index contributed by atoms with van der Waals surface area (Å²) in [5.74, 6) is 0.777. The highest BCUT2D eigenvalue weighted by Gasteiger charge is 2.53. The quantitative estimate of drug-likeness (QED) is 0.774. The van der Waals surface area contributed by atoms with Gasteiger partial charge in [0.2, 0.25) is 5.91 Å². The number of hydrogen-bond acceptors (Lipinski definition) is 5. The summed E-state index contributed by atoms with van der Waals surface area (Å²) in [6.45, 7) is 2.24. The van der Waals surface area contributed by atoms with E-state index in [9.17, 15) is 4.79 Å². The molecular formula is C20H22N6O. The van der Waals surface area contributed by atoms with E-state index in [1.54, 1.807) is 10.9 Å². The Morgan fingerprint density at radius 3 is 2.63 bits per heavy atom. The first-order valence-electron chi connectivity index (χ1n) is 9.24. The van der Waals surface area contributed by atoms with Crippen molar-refractivity contribution in [3.63, 3.8) is 0 Å². The van der Waals surface area contributed by atoms with Gasteiger partial charge in [0.25, 0.3) is 0 Å². The van der Waals surface area contributed by atoms with Crippen LogP contribution in [0, 0.1) is 11.3 Å². The van der Waals surface area contributed by atoms with Gasteiger partial charge in [-0.1, -0.05) is 0 Å². The molecule has 1 N–H and O–H groups in total. The van der Waals surface area contributed by atoms with Crippen molar-refractivity contribution < 1.29 is 4.79 Å². The molecule has 7 heteroatoms. The minimum absolute atomic E-state index is 0.0819. The number of anilines is 1. The SMILES string of the molecule is CN1CC2(CC(C(=O)Nc3cc4cc(-c5cnn(C)c5)cnc4cn3)C2)C1. The van der Waals surface area contributed by atoms with Gasteiger partial charge in [0.05, 0.1) is 17.9 Å². The molecule has 2 fully saturated rings. The molecule has 7 nitrogen and oxygen atoms in total. The largest absolute Gasteiger partial charge is 0.310 e. The van der Waals surface area contributed by atoms with E-state index >= 15 is 0 Å². The fourth-order valence-corrected chi connectivity index (χ4v) is 4.58. The smallest absolute Gasteiger partial charge is 0.228 e. The molecule has 1 amide bonds. The van der Waals surface area contributed by atoms with Crippen molar-refractivity contribution in [3.05, 3.63) is 36.9 Å². The average molecular weight is 362 g/mol. The molecule has 0 atom stereocenters. The summed E-state index contributed by atoms with van der Waals surface area (Å²) >= 11 is 0. The summed E-state index contributed by atoms with van der Waals surface area (Å²) < 4.78 is 1.77. The van der Waals surface area contributed by atoms with Gasteiger partial charge in [-0.05, 0) is 37.4 Å². The Kier molecular flexibility index (Phi) is 3.55. The molecule has 1 aliphatic carbocycles. The number of hydrogen-bond donors (Lipinski definition) is 1. The highest BCUT2D eigenvalue weighted by molar-refractivity contribution is 5.94. The van der Waals surface area contributed by atoms with E-state index in [-0.39, 0.29) is 11.8 Å². The first-order valence-corrected chi connectivity index (χ1v) is 9.24. The van der Waals surface area contributed by atoms with Crippen molar-refractivity contribution in [1.29, 1.82) is 0 Å². The fraction of sp³-hybridized carbons (Fsp3) is 0.400. The Morgan fingerprint density at radius 1 is 1.11 bits per heavy atom. The van der Waals surface area contributed by atoms with Gasteiger partial charge < -0.3 is 10.2 Å². The monoisotopic (exact) mass is 362 g/mol. The third kappa shape index (κ3) is 2.88. The zero-order valence-electron chi connectivity index (χ0n) is 15.5. The van der Waals surface area contributed by atoms with Crippen LogP contribution in [-0.4, -0.2) is 50.7 Å². The lowest BCUT2D eigenvalue weighted by Gasteiger charge is -2.57. The summed E-state index contributed by atoms with van der Waals surface area (Å²) in [4.78, 5) is 23.7. The van der Waals surface area contributed by atoms with Gasteiger partial charge in [0.1, 0.15) is 5.82 Å². The minimum atomic E-state index is 0.0819. The molecule has 1 saturated carbocycles. The predicted molar refractivity (Wildman–Crippen MR) is 103 cm³/mol. The van der Waals surface area contributed by atoms with Crippen LogP contribution in [0.4, 0.5) is 5.82 Å². The normalized spacial score (nSPS) is 19.0.